The Morgan fingerprint density at radius 2 is 1.53 bits per heavy atom. The normalized spacial score (nSPS) is 21.9. The van der Waals surface area contributed by atoms with E-state index in [2.05, 4.69) is 5.32 Å². The molecular weight excluding hydrogens is 384 g/mol. The number of amides is 5. The number of nitrogens with one attached hydrogen (secondary N) is 1. The van der Waals surface area contributed by atoms with Crippen LogP contribution >= 0.6 is 0 Å². The topological polar surface area (TPSA) is 90.0 Å². The molecule has 30 heavy (non-hydrogen) atoms. The van der Waals surface area contributed by atoms with E-state index in [1.54, 1.807) is 16.7 Å². The molecule has 1 unspecified atom stereocenters. The summed E-state index contributed by atoms with van der Waals surface area (Å²) in [4.78, 5) is 55.5. The Morgan fingerprint density at radius 1 is 0.967 bits per heavy atom. The first kappa shape index (κ1) is 20.4. The predicted molar refractivity (Wildman–Crippen MR) is 110 cm³/mol. The van der Waals surface area contributed by atoms with Crippen molar-refractivity contribution in [1.82, 2.24) is 20.0 Å². The fraction of sp³-hybridized carbons (Fsp3) is 0.545. The summed E-state index contributed by atoms with van der Waals surface area (Å²) < 4.78 is 0. The van der Waals surface area contributed by atoms with Crippen molar-refractivity contribution < 1.29 is 19.2 Å². The van der Waals surface area contributed by atoms with Crippen molar-refractivity contribution in [3.63, 3.8) is 0 Å². The van der Waals surface area contributed by atoms with E-state index >= 15 is 0 Å². The van der Waals surface area contributed by atoms with E-state index in [0.29, 0.717) is 44.6 Å². The molecule has 1 atom stereocenters. The van der Waals surface area contributed by atoms with Crippen molar-refractivity contribution in [3.05, 3.63) is 35.4 Å². The molecule has 2 saturated heterocycles. The zero-order valence-electron chi connectivity index (χ0n) is 17.5. The van der Waals surface area contributed by atoms with Crippen LogP contribution in [0.5, 0.6) is 0 Å². The highest BCUT2D eigenvalue weighted by molar-refractivity contribution is 6.10. The lowest BCUT2D eigenvalue weighted by Gasteiger charge is -2.37. The van der Waals surface area contributed by atoms with Crippen LogP contribution in [0, 0.1) is 6.92 Å². The zero-order chi connectivity index (χ0) is 21.5. The number of hydrogen-bond donors (Lipinski definition) is 1. The third-order valence-corrected chi connectivity index (χ3v) is 6.57. The van der Waals surface area contributed by atoms with Crippen molar-refractivity contribution in [2.24, 2.45) is 0 Å². The average molecular weight is 412 g/mol. The molecule has 8 nitrogen and oxygen atoms in total. The van der Waals surface area contributed by atoms with Gasteiger partial charge in [-0.15, -0.1) is 0 Å². The third kappa shape index (κ3) is 3.44. The number of urea groups is 1. The molecule has 2 aliphatic heterocycles. The van der Waals surface area contributed by atoms with Crippen molar-refractivity contribution in [2.75, 3.05) is 26.2 Å². The second-order valence-electron chi connectivity index (χ2n) is 8.55. The van der Waals surface area contributed by atoms with Gasteiger partial charge in [0.2, 0.25) is 5.91 Å². The summed E-state index contributed by atoms with van der Waals surface area (Å²) in [6, 6.07) is 6.11. The lowest BCUT2D eigenvalue weighted by Crippen LogP contribution is -2.56. The summed E-state index contributed by atoms with van der Waals surface area (Å²) in [5, 5.41) is 2.83. The Kier molecular flexibility index (Phi) is 5.26. The minimum absolute atomic E-state index is 0.0487. The van der Waals surface area contributed by atoms with Crippen LogP contribution in [0.4, 0.5) is 4.79 Å². The van der Waals surface area contributed by atoms with Gasteiger partial charge in [0, 0.05) is 31.7 Å². The fourth-order valence-corrected chi connectivity index (χ4v) is 4.69. The minimum atomic E-state index is -0.850. The predicted octanol–water partition coefficient (Wildman–Crippen LogP) is 1.53. The summed E-state index contributed by atoms with van der Waals surface area (Å²) in [7, 11) is 0. The molecule has 160 valence electrons. The molecule has 2 heterocycles. The molecule has 1 spiro atoms. The van der Waals surface area contributed by atoms with Gasteiger partial charge in [0.25, 0.3) is 11.8 Å². The summed E-state index contributed by atoms with van der Waals surface area (Å²) in [6.45, 7) is 5.20. The number of piperazine rings is 1. The molecule has 8 heteroatoms. The lowest BCUT2D eigenvalue weighted by atomic mass is 9.97. The SMILES string of the molecule is Cc1ccc(C(=O)N2CCN(C(=O)C(C)N3C(=O)NC4(CCCC4)C3=O)CC2)cc1. The molecule has 4 rings (SSSR count). The van der Waals surface area contributed by atoms with Gasteiger partial charge in [-0.3, -0.25) is 14.4 Å². The number of nitrogens with zero attached hydrogens (tertiary/aromatic N) is 3. The van der Waals surface area contributed by atoms with E-state index in [4.69, 9.17) is 0 Å². The van der Waals surface area contributed by atoms with Gasteiger partial charge >= 0.3 is 6.03 Å². The fourth-order valence-electron chi connectivity index (χ4n) is 4.69. The molecule has 3 aliphatic rings. The Labute approximate surface area is 176 Å². The van der Waals surface area contributed by atoms with Crippen LogP contribution in [0.15, 0.2) is 24.3 Å². The molecule has 5 amide bonds. The van der Waals surface area contributed by atoms with E-state index in [-0.39, 0.29) is 17.7 Å². The number of imide groups is 1. The minimum Gasteiger partial charge on any atom is -0.337 e. The first-order valence-electron chi connectivity index (χ1n) is 10.6. The zero-order valence-corrected chi connectivity index (χ0v) is 17.5. The second kappa shape index (κ2) is 7.74. The second-order valence-corrected chi connectivity index (χ2v) is 8.55. The number of rotatable bonds is 3. The number of hydrogen-bond acceptors (Lipinski definition) is 4. The Hall–Kier alpha value is -2.90. The molecule has 1 aliphatic carbocycles. The summed E-state index contributed by atoms with van der Waals surface area (Å²) in [6.07, 6.45) is 3.07. The largest absolute Gasteiger partial charge is 0.337 e. The molecule has 1 N–H and O–H groups in total. The molecule has 0 aromatic heterocycles. The summed E-state index contributed by atoms with van der Waals surface area (Å²) in [5.74, 6) is -0.581. The number of carbonyl (C=O) groups is 4. The molecule has 1 aromatic rings. The molecule has 3 fully saturated rings. The van der Waals surface area contributed by atoms with Crippen LogP contribution in [0.25, 0.3) is 0 Å². The maximum atomic E-state index is 13.0. The molecule has 1 saturated carbocycles. The number of carbonyl (C=O) groups excluding carboxylic acids is 4. The average Bonchev–Trinajstić information content (AvgIpc) is 3.31. The van der Waals surface area contributed by atoms with Gasteiger partial charge in [0.15, 0.2) is 0 Å². The maximum Gasteiger partial charge on any atom is 0.325 e. The monoisotopic (exact) mass is 412 g/mol. The van der Waals surface area contributed by atoms with Crippen LogP contribution in [0.2, 0.25) is 0 Å². The Balaban J connectivity index is 1.37. The third-order valence-electron chi connectivity index (χ3n) is 6.57. The van der Waals surface area contributed by atoms with Crippen LogP contribution in [-0.4, -0.2) is 76.2 Å². The van der Waals surface area contributed by atoms with Gasteiger partial charge < -0.3 is 15.1 Å². The van der Waals surface area contributed by atoms with Crippen molar-refractivity contribution in [1.29, 1.82) is 0 Å². The van der Waals surface area contributed by atoms with Crippen LogP contribution < -0.4 is 5.32 Å². The Morgan fingerprint density at radius 3 is 2.13 bits per heavy atom. The van der Waals surface area contributed by atoms with E-state index in [9.17, 15) is 19.2 Å². The first-order chi connectivity index (χ1) is 14.3. The standard InChI is InChI=1S/C22H28N4O4/c1-15-5-7-17(8-6-15)19(28)25-13-11-24(12-14-25)18(27)16(2)26-20(29)22(23-21(26)30)9-3-4-10-22/h5-8,16H,3-4,9-14H2,1-2H3,(H,23,30). The Bertz CT molecular complexity index is 868. The highest BCUT2D eigenvalue weighted by Gasteiger charge is 2.54. The van der Waals surface area contributed by atoms with E-state index in [0.717, 1.165) is 23.3 Å². The molecule has 0 radical (unpaired) electrons. The van der Waals surface area contributed by atoms with E-state index in [1.165, 1.54) is 0 Å². The van der Waals surface area contributed by atoms with Crippen molar-refractivity contribution >= 4 is 23.8 Å². The van der Waals surface area contributed by atoms with Gasteiger partial charge in [-0.25, -0.2) is 9.69 Å². The number of aryl methyl sites for hydroxylation is 1. The van der Waals surface area contributed by atoms with E-state index in [1.807, 2.05) is 31.2 Å². The quantitative estimate of drug-likeness (QED) is 0.763. The van der Waals surface area contributed by atoms with Crippen molar-refractivity contribution in [2.45, 2.75) is 51.1 Å². The first-order valence-corrected chi connectivity index (χ1v) is 10.6. The van der Waals surface area contributed by atoms with Gasteiger partial charge in [0.1, 0.15) is 11.6 Å². The van der Waals surface area contributed by atoms with Gasteiger partial charge in [-0.2, -0.15) is 0 Å². The van der Waals surface area contributed by atoms with Gasteiger partial charge in [-0.1, -0.05) is 30.5 Å². The lowest BCUT2D eigenvalue weighted by molar-refractivity contribution is -0.143. The van der Waals surface area contributed by atoms with Gasteiger partial charge in [0.05, 0.1) is 0 Å². The summed E-state index contributed by atoms with van der Waals surface area (Å²) >= 11 is 0. The number of benzene rings is 1. The molecular formula is C22H28N4O4. The van der Waals surface area contributed by atoms with Gasteiger partial charge in [-0.05, 0) is 38.8 Å². The highest BCUT2D eigenvalue weighted by Crippen LogP contribution is 2.36. The van der Waals surface area contributed by atoms with Crippen LogP contribution in [0.1, 0.15) is 48.5 Å². The van der Waals surface area contributed by atoms with Crippen molar-refractivity contribution in [3.8, 4) is 0 Å². The summed E-state index contributed by atoms with van der Waals surface area (Å²) in [5.41, 5.74) is 0.913. The van der Waals surface area contributed by atoms with Crippen LogP contribution in [-0.2, 0) is 9.59 Å². The van der Waals surface area contributed by atoms with E-state index < -0.39 is 17.6 Å². The molecule has 1 aromatic carbocycles. The van der Waals surface area contributed by atoms with Crippen LogP contribution in [0.3, 0.4) is 0 Å². The molecule has 0 bridgehead atoms. The highest BCUT2D eigenvalue weighted by atomic mass is 16.2. The maximum absolute atomic E-state index is 13.0. The smallest absolute Gasteiger partial charge is 0.325 e.